The van der Waals surface area contributed by atoms with E-state index in [0.29, 0.717) is 22.5 Å². The van der Waals surface area contributed by atoms with Gasteiger partial charge >= 0.3 is 0 Å². The lowest BCUT2D eigenvalue weighted by atomic mass is 10.0. The Morgan fingerprint density at radius 1 is 1.00 bits per heavy atom. The first-order valence-electron chi connectivity index (χ1n) is 12.4. The van der Waals surface area contributed by atoms with Crippen LogP contribution in [0.5, 0.6) is 0 Å². The molecule has 4 heterocycles. The van der Waals surface area contributed by atoms with Crippen molar-refractivity contribution in [3.05, 3.63) is 66.3 Å². The summed E-state index contributed by atoms with van der Waals surface area (Å²) in [4.78, 5) is 28.1. The molecule has 1 aliphatic carbocycles. The van der Waals surface area contributed by atoms with Crippen LogP contribution < -0.4 is 0 Å². The number of hydrogen-bond acceptors (Lipinski definition) is 5. The highest BCUT2D eigenvalue weighted by Gasteiger charge is 2.37. The van der Waals surface area contributed by atoms with Crippen molar-refractivity contribution in [2.75, 3.05) is 13.1 Å². The monoisotopic (exact) mass is 497 g/mol. The number of carbonyl (C=O) groups excluding carboxylic acids is 1. The second-order valence-electron chi connectivity index (χ2n) is 9.85. The third kappa shape index (κ3) is 3.75. The summed E-state index contributed by atoms with van der Waals surface area (Å²) < 4.78 is 7.62. The van der Waals surface area contributed by atoms with Crippen LogP contribution in [-0.4, -0.2) is 43.4 Å². The standard InChI is InChI=1S/C28H24ClN5O2/c29-25-24-27(31-16-30-25)34(15-17-9-11-33(14-17)28(35)20-5-6-20)26(32-24)19-3-1-18(2-4-19)21-7-8-23-22(13-21)10-12-36-23/h1-4,7-8,10,12-13,16-17,20H,5-6,9,11,14-15H2/t17-/m0/s1. The van der Waals surface area contributed by atoms with E-state index in [2.05, 4.69) is 50.9 Å². The summed E-state index contributed by atoms with van der Waals surface area (Å²) in [6, 6.07) is 16.6. The van der Waals surface area contributed by atoms with Gasteiger partial charge in [0.25, 0.3) is 0 Å². The average Bonchev–Trinajstić information content (AvgIpc) is 3.30. The molecule has 1 saturated carbocycles. The van der Waals surface area contributed by atoms with E-state index < -0.39 is 0 Å². The summed E-state index contributed by atoms with van der Waals surface area (Å²) in [5, 5.41) is 1.43. The largest absolute Gasteiger partial charge is 0.464 e. The van der Waals surface area contributed by atoms with Gasteiger partial charge in [-0.1, -0.05) is 41.9 Å². The lowest BCUT2D eigenvalue weighted by Crippen LogP contribution is -2.30. The fourth-order valence-corrected chi connectivity index (χ4v) is 5.46. The SMILES string of the molecule is O=C(C1CC1)N1CC[C@H](Cn2c(-c3ccc(-c4ccc5occc5c4)cc3)nc3c(Cl)ncnc32)C1. The minimum atomic E-state index is 0.257. The molecule has 1 aliphatic heterocycles. The van der Waals surface area contributed by atoms with Crippen LogP contribution in [0.25, 0.3) is 44.6 Å². The molecule has 7 nitrogen and oxygen atoms in total. The first-order chi connectivity index (χ1) is 17.6. The third-order valence-corrected chi connectivity index (χ3v) is 7.66. The second kappa shape index (κ2) is 8.45. The number of hydrogen-bond donors (Lipinski definition) is 0. The molecule has 5 aromatic rings. The highest BCUT2D eigenvalue weighted by atomic mass is 35.5. The van der Waals surface area contributed by atoms with Gasteiger partial charge in [0.05, 0.1) is 6.26 Å². The van der Waals surface area contributed by atoms with E-state index >= 15 is 0 Å². The summed E-state index contributed by atoms with van der Waals surface area (Å²) >= 11 is 6.41. The Morgan fingerprint density at radius 3 is 2.64 bits per heavy atom. The molecule has 2 aromatic carbocycles. The van der Waals surface area contributed by atoms with Gasteiger partial charge in [-0.3, -0.25) is 4.79 Å². The maximum absolute atomic E-state index is 12.6. The summed E-state index contributed by atoms with van der Waals surface area (Å²) in [5.41, 5.74) is 5.45. The summed E-state index contributed by atoms with van der Waals surface area (Å²) in [7, 11) is 0. The lowest BCUT2D eigenvalue weighted by Gasteiger charge is -2.17. The molecule has 1 saturated heterocycles. The fraction of sp³-hybridized carbons (Fsp3) is 0.286. The van der Waals surface area contributed by atoms with E-state index in [9.17, 15) is 4.79 Å². The van der Waals surface area contributed by atoms with E-state index in [4.69, 9.17) is 21.0 Å². The molecule has 180 valence electrons. The minimum Gasteiger partial charge on any atom is -0.464 e. The third-order valence-electron chi connectivity index (χ3n) is 7.38. The molecule has 0 spiro atoms. The van der Waals surface area contributed by atoms with E-state index in [1.807, 2.05) is 17.0 Å². The highest BCUT2D eigenvalue weighted by molar-refractivity contribution is 6.33. The molecule has 1 amide bonds. The zero-order valence-electron chi connectivity index (χ0n) is 19.6. The number of halogens is 1. The quantitative estimate of drug-likeness (QED) is 0.286. The zero-order valence-corrected chi connectivity index (χ0v) is 20.4. The van der Waals surface area contributed by atoms with Crippen molar-refractivity contribution in [2.24, 2.45) is 11.8 Å². The Hall–Kier alpha value is -3.71. The number of nitrogens with zero attached hydrogens (tertiary/aromatic N) is 5. The predicted molar refractivity (Wildman–Crippen MR) is 138 cm³/mol. The van der Waals surface area contributed by atoms with Gasteiger partial charge in [0.1, 0.15) is 23.3 Å². The summed E-state index contributed by atoms with van der Waals surface area (Å²) in [6.45, 7) is 2.34. The van der Waals surface area contributed by atoms with Crippen LogP contribution in [0.2, 0.25) is 5.15 Å². The molecule has 1 atom stereocenters. The van der Waals surface area contributed by atoms with Crippen molar-refractivity contribution in [2.45, 2.75) is 25.8 Å². The molecule has 2 fully saturated rings. The summed E-state index contributed by atoms with van der Waals surface area (Å²) in [5.74, 6) is 1.74. The Morgan fingerprint density at radius 2 is 1.81 bits per heavy atom. The maximum atomic E-state index is 12.6. The van der Waals surface area contributed by atoms with E-state index in [-0.39, 0.29) is 5.92 Å². The normalized spacial score (nSPS) is 17.9. The number of furan rings is 1. The van der Waals surface area contributed by atoms with Crippen molar-refractivity contribution in [1.82, 2.24) is 24.4 Å². The molecule has 0 unspecified atom stereocenters. The van der Waals surface area contributed by atoms with Gasteiger partial charge in [-0.05, 0) is 54.5 Å². The number of likely N-dealkylation sites (tertiary alicyclic amines) is 1. The Labute approximate surface area is 212 Å². The van der Waals surface area contributed by atoms with Gasteiger partial charge in [-0.15, -0.1) is 0 Å². The van der Waals surface area contributed by atoms with E-state index in [1.54, 1.807) is 6.26 Å². The van der Waals surface area contributed by atoms with Crippen LogP contribution in [0.4, 0.5) is 0 Å². The van der Waals surface area contributed by atoms with Crippen LogP contribution in [0, 0.1) is 11.8 Å². The number of imidazole rings is 1. The average molecular weight is 498 g/mol. The summed E-state index contributed by atoms with van der Waals surface area (Å²) in [6.07, 6.45) is 6.25. The van der Waals surface area contributed by atoms with E-state index in [1.165, 1.54) is 6.33 Å². The van der Waals surface area contributed by atoms with Crippen molar-refractivity contribution in [1.29, 1.82) is 0 Å². The Kier molecular flexibility index (Phi) is 5.06. The molecule has 0 bridgehead atoms. The predicted octanol–water partition coefficient (Wildman–Crippen LogP) is 5.82. The van der Waals surface area contributed by atoms with Crippen molar-refractivity contribution in [3.63, 3.8) is 0 Å². The molecule has 36 heavy (non-hydrogen) atoms. The molecule has 8 heteroatoms. The van der Waals surface area contributed by atoms with Gasteiger partial charge in [0.15, 0.2) is 10.8 Å². The van der Waals surface area contributed by atoms with Crippen molar-refractivity contribution >= 4 is 39.6 Å². The fourth-order valence-electron chi connectivity index (χ4n) is 5.29. The van der Waals surface area contributed by atoms with Crippen molar-refractivity contribution in [3.8, 4) is 22.5 Å². The van der Waals surface area contributed by atoms with Crippen LogP contribution in [0.15, 0.2) is 65.5 Å². The van der Waals surface area contributed by atoms with E-state index in [0.717, 1.165) is 78.0 Å². The minimum absolute atomic E-state index is 0.257. The molecule has 7 rings (SSSR count). The van der Waals surface area contributed by atoms with Gasteiger partial charge in [0.2, 0.25) is 5.91 Å². The number of rotatable bonds is 5. The van der Waals surface area contributed by atoms with Crippen LogP contribution in [-0.2, 0) is 11.3 Å². The molecular formula is C28H24ClN5O2. The molecule has 0 N–H and O–H groups in total. The topological polar surface area (TPSA) is 77.0 Å². The Balaban J connectivity index is 1.22. The van der Waals surface area contributed by atoms with Gasteiger partial charge in [0, 0.05) is 36.5 Å². The van der Waals surface area contributed by atoms with Crippen molar-refractivity contribution < 1.29 is 9.21 Å². The van der Waals surface area contributed by atoms with Gasteiger partial charge < -0.3 is 13.9 Å². The molecule has 3 aromatic heterocycles. The number of benzene rings is 2. The molecule has 2 aliphatic rings. The van der Waals surface area contributed by atoms with Crippen LogP contribution in [0.3, 0.4) is 0 Å². The first kappa shape index (κ1) is 21.6. The molecular weight excluding hydrogens is 474 g/mol. The van der Waals surface area contributed by atoms with Gasteiger partial charge in [-0.2, -0.15) is 0 Å². The Bertz CT molecular complexity index is 1600. The number of amides is 1. The second-order valence-corrected chi connectivity index (χ2v) is 10.2. The number of aromatic nitrogens is 4. The maximum Gasteiger partial charge on any atom is 0.225 e. The smallest absolute Gasteiger partial charge is 0.225 e. The highest BCUT2D eigenvalue weighted by Crippen LogP contribution is 2.35. The first-order valence-corrected chi connectivity index (χ1v) is 12.8. The zero-order chi connectivity index (χ0) is 24.2. The van der Waals surface area contributed by atoms with Crippen LogP contribution >= 0.6 is 11.6 Å². The molecule has 0 radical (unpaired) electrons. The van der Waals surface area contributed by atoms with Crippen LogP contribution in [0.1, 0.15) is 19.3 Å². The number of fused-ring (bicyclic) bond motifs is 2. The van der Waals surface area contributed by atoms with Gasteiger partial charge in [-0.25, -0.2) is 15.0 Å². The number of carbonyl (C=O) groups is 1. The lowest BCUT2D eigenvalue weighted by molar-refractivity contribution is -0.131.